The first-order chi connectivity index (χ1) is 15.1. The zero-order chi connectivity index (χ0) is 24.0. The third-order valence-corrected chi connectivity index (χ3v) is 4.81. The summed E-state index contributed by atoms with van der Waals surface area (Å²) in [5.74, 6) is -2.70. The number of hydrogen-bond acceptors (Lipinski definition) is 9. The van der Waals surface area contributed by atoms with Gasteiger partial charge in [-0.05, 0) is 32.8 Å². The molecular weight excluding hydrogens is 422 g/mol. The van der Waals surface area contributed by atoms with Gasteiger partial charge in [0.15, 0.2) is 0 Å². The number of dihydropyridines is 1. The lowest BCUT2D eigenvalue weighted by Crippen LogP contribution is -2.33. The molecule has 0 atom stereocenters. The fraction of sp³-hybridized carbons (Fsp3) is 0.429. The molecule has 11 nitrogen and oxygen atoms in total. The van der Waals surface area contributed by atoms with Gasteiger partial charge < -0.3 is 14.8 Å². The summed E-state index contributed by atoms with van der Waals surface area (Å²) in [5.41, 5.74) is -0.405. The average Bonchev–Trinajstić information content (AvgIpc) is 2.74. The largest absolute Gasteiger partial charge is 0.462 e. The second-order valence-electron chi connectivity index (χ2n) is 7.16. The Kier molecular flexibility index (Phi) is 8.05. The molecule has 172 valence electrons. The summed E-state index contributed by atoms with van der Waals surface area (Å²) >= 11 is 0. The summed E-state index contributed by atoms with van der Waals surface area (Å²) in [4.78, 5) is 47.3. The van der Waals surface area contributed by atoms with Crippen LogP contribution in [-0.4, -0.2) is 35.0 Å². The van der Waals surface area contributed by atoms with E-state index in [1.807, 2.05) is 13.8 Å². The second-order valence-corrected chi connectivity index (χ2v) is 7.16. The van der Waals surface area contributed by atoms with Crippen LogP contribution in [-0.2, 0) is 19.1 Å². The first-order valence-corrected chi connectivity index (χ1v) is 10.1. The molecule has 1 aliphatic rings. The summed E-state index contributed by atoms with van der Waals surface area (Å²) in [5, 5.41) is 25.9. The Bertz CT molecular complexity index is 970. The molecule has 0 saturated carbocycles. The lowest BCUT2D eigenvalue weighted by atomic mass is 9.79. The fourth-order valence-corrected chi connectivity index (χ4v) is 3.44. The van der Waals surface area contributed by atoms with Crippen LogP contribution in [0.15, 0.2) is 40.7 Å². The number of benzene rings is 1. The molecule has 0 saturated heterocycles. The van der Waals surface area contributed by atoms with Gasteiger partial charge in [-0.2, -0.15) is 0 Å². The van der Waals surface area contributed by atoms with Crippen molar-refractivity contribution in [1.82, 2.24) is 5.32 Å². The van der Waals surface area contributed by atoms with Gasteiger partial charge >= 0.3 is 11.9 Å². The summed E-state index contributed by atoms with van der Waals surface area (Å²) in [7, 11) is 0. The van der Waals surface area contributed by atoms with Gasteiger partial charge in [0.25, 0.3) is 11.4 Å². The minimum absolute atomic E-state index is 0.00412. The van der Waals surface area contributed by atoms with Crippen molar-refractivity contribution in [3.05, 3.63) is 66.5 Å². The Morgan fingerprint density at radius 1 is 0.938 bits per heavy atom. The van der Waals surface area contributed by atoms with Gasteiger partial charge in [-0.3, -0.25) is 20.2 Å². The van der Waals surface area contributed by atoms with Crippen molar-refractivity contribution in [1.29, 1.82) is 0 Å². The van der Waals surface area contributed by atoms with Gasteiger partial charge in [0.05, 0.1) is 46.2 Å². The molecule has 0 spiro atoms. The third-order valence-electron chi connectivity index (χ3n) is 4.81. The smallest absolute Gasteiger partial charge is 0.336 e. The van der Waals surface area contributed by atoms with E-state index in [0.717, 1.165) is 12.1 Å². The molecule has 0 unspecified atom stereocenters. The maximum atomic E-state index is 12.9. The SMILES string of the molecule is CCCOC(=O)C1=C(C)NC(C)=C(C(=O)OCCC)C1c1ccc([N+](=O)[O-])cc1[N+](=O)[O-]. The van der Waals surface area contributed by atoms with E-state index in [2.05, 4.69) is 5.32 Å². The van der Waals surface area contributed by atoms with Crippen LogP contribution in [0.1, 0.15) is 52.0 Å². The molecule has 2 rings (SSSR count). The number of allylic oxidation sites excluding steroid dienone is 2. The number of nitro groups is 2. The van der Waals surface area contributed by atoms with Crippen molar-refractivity contribution in [2.45, 2.75) is 46.5 Å². The molecule has 1 aromatic rings. The van der Waals surface area contributed by atoms with Crippen LogP contribution in [0, 0.1) is 20.2 Å². The molecule has 0 aliphatic carbocycles. The molecule has 1 aliphatic heterocycles. The molecule has 1 heterocycles. The predicted octanol–water partition coefficient (Wildman–Crippen LogP) is 3.64. The van der Waals surface area contributed by atoms with Crippen molar-refractivity contribution in [3.63, 3.8) is 0 Å². The Hall–Kier alpha value is -3.76. The maximum absolute atomic E-state index is 12.9. The van der Waals surface area contributed by atoms with Gasteiger partial charge in [-0.15, -0.1) is 0 Å². The second kappa shape index (κ2) is 10.5. The molecule has 32 heavy (non-hydrogen) atoms. The van der Waals surface area contributed by atoms with Crippen LogP contribution in [0.3, 0.4) is 0 Å². The number of hydrogen-bond donors (Lipinski definition) is 1. The molecule has 1 N–H and O–H groups in total. The number of ether oxygens (including phenoxy) is 2. The van der Waals surface area contributed by atoms with E-state index in [1.165, 1.54) is 6.07 Å². The maximum Gasteiger partial charge on any atom is 0.336 e. The van der Waals surface area contributed by atoms with Crippen molar-refractivity contribution >= 4 is 23.3 Å². The molecular formula is C21H25N3O8. The zero-order valence-electron chi connectivity index (χ0n) is 18.3. The van der Waals surface area contributed by atoms with Crippen LogP contribution >= 0.6 is 0 Å². The van der Waals surface area contributed by atoms with Crippen LogP contribution in [0.25, 0.3) is 0 Å². The highest BCUT2D eigenvalue weighted by Gasteiger charge is 2.41. The number of carbonyl (C=O) groups excluding carboxylic acids is 2. The van der Waals surface area contributed by atoms with E-state index in [-0.39, 0.29) is 29.9 Å². The normalized spacial score (nSPS) is 14.1. The molecule has 0 radical (unpaired) electrons. The van der Waals surface area contributed by atoms with E-state index in [4.69, 9.17) is 9.47 Å². The van der Waals surface area contributed by atoms with Crippen LogP contribution < -0.4 is 5.32 Å². The lowest BCUT2D eigenvalue weighted by Gasteiger charge is -2.30. The van der Waals surface area contributed by atoms with E-state index in [1.54, 1.807) is 13.8 Å². The highest BCUT2D eigenvalue weighted by molar-refractivity contribution is 6.00. The quantitative estimate of drug-likeness (QED) is 0.340. The summed E-state index contributed by atoms with van der Waals surface area (Å²) in [6, 6.07) is 3.10. The first-order valence-electron chi connectivity index (χ1n) is 10.1. The lowest BCUT2D eigenvalue weighted by molar-refractivity contribution is -0.394. The molecule has 0 amide bonds. The van der Waals surface area contributed by atoms with Crippen molar-refractivity contribution in [2.24, 2.45) is 0 Å². The average molecular weight is 447 g/mol. The Morgan fingerprint density at radius 2 is 1.44 bits per heavy atom. The third kappa shape index (κ3) is 5.10. The van der Waals surface area contributed by atoms with Gasteiger partial charge in [0.2, 0.25) is 0 Å². The van der Waals surface area contributed by atoms with Crippen LogP contribution in [0.2, 0.25) is 0 Å². The highest BCUT2D eigenvalue weighted by atomic mass is 16.6. The monoisotopic (exact) mass is 447 g/mol. The summed E-state index contributed by atoms with van der Waals surface area (Å²) < 4.78 is 10.5. The summed E-state index contributed by atoms with van der Waals surface area (Å²) in [6.45, 7) is 7.02. The van der Waals surface area contributed by atoms with Gasteiger partial charge in [0.1, 0.15) is 0 Å². The van der Waals surface area contributed by atoms with Crippen LogP contribution in [0.5, 0.6) is 0 Å². The first kappa shape index (κ1) is 24.5. The van der Waals surface area contributed by atoms with E-state index >= 15 is 0 Å². The molecule has 1 aromatic carbocycles. The number of nitrogens with zero attached hydrogens (tertiary/aromatic N) is 2. The number of rotatable bonds is 9. The Labute approximate surface area is 184 Å². The standard InChI is InChI=1S/C21H25N3O8/c1-5-9-31-20(25)17-12(3)22-13(4)18(21(26)32-10-6-2)19(17)15-8-7-14(23(27)28)11-16(15)24(29)30/h7-8,11,19,22H,5-6,9-10H2,1-4H3. The van der Waals surface area contributed by atoms with Gasteiger partial charge in [-0.25, -0.2) is 9.59 Å². The predicted molar refractivity (Wildman–Crippen MR) is 114 cm³/mol. The van der Waals surface area contributed by atoms with Crippen LogP contribution in [0.4, 0.5) is 11.4 Å². The molecule has 0 fully saturated rings. The minimum Gasteiger partial charge on any atom is -0.462 e. The number of nitrogens with one attached hydrogen (secondary N) is 1. The Balaban J connectivity index is 2.77. The number of esters is 2. The van der Waals surface area contributed by atoms with Crippen molar-refractivity contribution in [2.75, 3.05) is 13.2 Å². The minimum atomic E-state index is -1.20. The van der Waals surface area contributed by atoms with Crippen molar-refractivity contribution < 1.29 is 28.9 Å². The number of carbonyl (C=O) groups is 2. The number of non-ortho nitro benzene ring substituents is 1. The topological polar surface area (TPSA) is 151 Å². The number of nitro benzene ring substituents is 2. The molecule has 11 heteroatoms. The van der Waals surface area contributed by atoms with E-state index in [0.29, 0.717) is 24.2 Å². The van der Waals surface area contributed by atoms with Gasteiger partial charge in [0, 0.05) is 23.0 Å². The summed E-state index contributed by atoms with van der Waals surface area (Å²) in [6.07, 6.45) is 1.10. The zero-order valence-corrected chi connectivity index (χ0v) is 18.3. The highest BCUT2D eigenvalue weighted by Crippen LogP contribution is 2.43. The van der Waals surface area contributed by atoms with Gasteiger partial charge in [-0.1, -0.05) is 13.8 Å². The molecule has 0 bridgehead atoms. The van der Waals surface area contributed by atoms with E-state index in [9.17, 15) is 29.8 Å². The van der Waals surface area contributed by atoms with Crippen molar-refractivity contribution in [3.8, 4) is 0 Å². The Morgan fingerprint density at radius 3 is 1.84 bits per heavy atom. The van der Waals surface area contributed by atoms with E-state index < -0.39 is 39.1 Å². The molecule has 0 aromatic heterocycles. The fourth-order valence-electron chi connectivity index (χ4n) is 3.44.